The van der Waals surface area contributed by atoms with E-state index >= 15 is 0 Å². The lowest BCUT2D eigenvalue weighted by Crippen LogP contribution is -2.04. The highest BCUT2D eigenvalue weighted by Crippen LogP contribution is 2.40. The molecule has 1 N–H and O–H groups in total. The predicted molar refractivity (Wildman–Crippen MR) is 79.8 cm³/mol. The molecular formula is C16H14BrF2N. The Labute approximate surface area is 125 Å². The number of rotatable bonds is 4. The van der Waals surface area contributed by atoms with E-state index < -0.39 is 11.6 Å². The lowest BCUT2D eigenvalue weighted by molar-refractivity contribution is 0.586. The van der Waals surface area contributed by atoms with Crippen molar-refractivity contribution >= 4 is 21.6 Å². The Morgan fingerprint density at radius 3 is 2.45 bits per heavy atom. The van der Waals surface area contributed by atoms with Crippen LogP contribution in [0.25, 0.3) is 0 Å². The molecule has 0 bridgehead atoms. The van der Waals surface area contributed by atoms with Gasteiger partial charge in [0.05, 0.1) is 0 Å². The lowest BCUT2D eigenvalue weighted by Gasteiger charge is -2.10. The third kappa shape index (κ3) is 3.01. The van der Waals surface area contributed by atoms with Gasteiger partial charge in [0.2, 0.25) is 0 Å². The van der Waals surface area contributed by atoms with E-state index in [0.29, 0.717) is 16.9 Å². The van der Waals surface area contributed by atoms with Crippen molar-refractivity contribution in [1.29, 1.82) is 0 Å². The molecule has 0 atom stereocenters. The van der Waals surface area contributed by atoms with E-state index in [9.17, 15) is 8.78 Å². The normalized spacial score (nSPS) is 14.3. The molecule has 1 fully saturated rings. The van der Waals surface area contributed by atoms with E-state index in [4.69, 9.17) is 0 Å². The number of hydrogen-bond acceptors (Lipinski definition) is 1. The van der Waals surface area contributed by atoms with Gasteiger partial charge in [-0.3, -0.25) is 0 Å². The van der Waals surface area contributed by atoms with Gasteiger partial charge < -0.3 is 5.32 Å². The van der Waals surface area contributed by atoms with Crippen LogP contribution in [-0.2, 0) is 6.54 Å². The van der Waals surface area contributed by atoms with Crippen LogP contribution in [0.4, 0.5) is 14.5 Å². The summed E-state index contributed by atoms with van der Waals surface area (Å²) in [6.45, 7) is 0.413. The maximum atomic E-state index is 13.7. The van der Waals surface area contributed by atoms with Crippen molar-refractivity contribution in [2.45, 2.75) is 25.3 Å². The van der Waals surface area contributed by atoms with Crippen LogP contribution in [0.2, 0.25) is 0 Å². The Kier molecular flexibility index (Phi) is 3.74. The zero-order valence-electron chi connectivity index (χ0n) is 10.8. The SMILES string of the molecule is Fc1cc(Br)cc(F)c1NCc1cccc(C2CC2)c1. The van der Waals surface area contributed by atoms with Crippen molar-refractivity contribution in [2.75, 3.05) is 5.32 Å². The van der Waals surface area contributed by atoms with Crippen LogP contribution in [-0.4, -0.2) is 0 Å². The maximum absolute atomic E-state index is 13.7. The highest BCUT2D eigenvalue weighted by molar-refractivity contribution is 9.10. The van der Waals surface area contributed by atoms with Crippen molar-refractivity contribution in [3.63, 3.8) is 0 Å². The van der Waals surface area contributed by atoms with Crippen molar-refractivity contribution < 1.29 is 8.78 Å². The number of hydrogen-bond donors (Lipinski definition) is 1. The first-order chi connectivity index (χ1) is 9.63. The van der Waals surface area contributed by atoms with E-state index in [1.165, 1.54) is 30.5 Å². The summed E-state index contributed by atoms with van der Waals surface area (Å²) in [5, 5.41) is 2.84. The third-order valence-electron chi connectivity index (χ3n) is 3.48. The van der Waals surface area contributed by atoms with Gasteiger partial charge in [-0.25, -0.2) is 8.78 Å². The molecule has 0 amide bonds. The van der Waals surface area contributed by atoms with Gasteiger partial charge in [-0.2, -0.15) is 0 Å². The molecule has 3 rings (SSSR count). The van der Waals surface area contributed by atoms with Crippen molar-refractivity contribution in [3.8, 4) is 0 Å². The summed E-state index contributed by atoms with van der Waals surface area (Å²) in [5.74, 6) is -0.499. The minimum atomic E-state index is -0.588. The first-order valence-corrected chi connectivity index (χ1v) is 7.40. The smallest absolute Gasteiger partial charge is 0.150 e. The number of nitrogens with one attached hydrogen (secondary N) is 1. The summed E-state index contributed by atoms with van der Waals surface area (Å²) in [5.41, 5.74) is 2.28. The highest BCUT2D eigenvalue weighted by atomic mass is 79.9. The summed E-state index contributed by atoms with van der Waals surface area (Å²) in [6.07, 6.45) is 2.49. The third-order valence-corrected chi connectivity index (χ3v) is 3.93. The molecule has 1 nitrogen and oxygen atoms in total. The van der Waals surface area contributed by atoms with Crippen LogP contribution in [0, 0.1) is 11.6 Å². The van der Waals surface area contributed by atoms with Crippen LogP contribution in [0.15, 0.2) is 40.9 Å². The zero-order valence-corrected chi connectivity index (χ0v) is 12.4. The summed E-state index contributed by atoms with van der Waals surface area (Å²) in [4.78, 5) is 0. The molecule has 0 heterocycles. The monoisotopic (exact) mass is 337 g/mol. The van der Waals surface area contributed by atoms with Gasteiger partial charge in [0, 0.05) is 11.0 Å². The number of halogens is 3. The summed E-state index contributed by atoms with van der Waals surface area (Å²) >= 11 is 3.07. The quantitative estimate of drug-likeness (QED) is 0.806. The molecule has 0 radical (unpaired) electrons. The molecule has 0 spiro atoms. The second-order valence-electron chi connectivity index (χ2n) is 5.12. The molecule has 20 heavy (non-hydrogen) atoms. The molecule has 104 valence electrons. The number of anilines is 1. The predicted octanol–water partition coefficient (Wildman–Crippen LogP) is 5.22. The fourth-order valence-electron chi connectivity index (χ4n) is 2.28. The Morgan fingerprint density at radius 1 is 1.10 bits per heavy atom. The average molecular weight is 338 g/mol. The van der Waals surface area contributed by atoms with Crippen LogP contribution in [0.3, 0.4) is 0 Å². The Bertz CT molecular complexity index is 615. The number of benzene rings is 2. The van der Waals surface area contributed by atoms with Gasteiger partial charge in [0.15, 0.2) is 0 Å². The van der Waals surface area contributed by atoms with Gasteiger partial charge in [-0.15, -0.1) is 0 Å². The Balaban J connectivity index is 1.74. The highest BCUT2D eigenvalue weighted by Gasteiger charge is 2.23. The van der Waals surface area contributed by atoms with Crippen LogP contribution in [0.5, 0.6) is 0 Å². The molecule has 0 saturated heterocycles. The van der Waals surface area contributed by atoms with Crippen molar-refractivity contribution in [3.05, 3.63) is 63.6 Å². The molecule has 4 heteroatoms. The van der Waals surface area contributed by atoms with Crippen LogP contribution < -0.4 is 5.32 Å². The fraction of sp³-hybridized carbons (Fsp3) is 0.250. The molecule has 1 aliphatic carbocycles. The molecule has 1 aliphatic rings. The molecule has 0 aromatic heterocycles. The molecule has 0 unspecified atom stereocenters. The minimum Gasteiger partial charge on any atom is -0.376 e. The van der Waals surface area contributed by atoms with Crippen LogP contribution >= 0.6 is 15.9 Å². The molecule has 1 saturated carbocycles. The minimum absolute atomic E-state index is 0.0787. The topological polar surface area (TPSA) is 12.0 Å². The van der Waals surface area contributed by atoms with Crippen molar-refractivity contribution in [1.82, 2.24) is 0 Å². The van der Waals surface area contributed by atoms with E-state index in [-0.39, 0.29) is 5.69 Å². The molecular weight excluding hydrogens is 324 g/mol. The van der Waals surface area contributed by atoms with Crippen molar-refractivity contribution in [2.24, 2.45) is 0 Å². The van der Waals surface area contributed by atoms with Gasteiger partial charge in [-0.05, 0) is 42.0 Å². The van der Waals surface area contributed by atoms with Gasteiger partial charge in [0.1, 0.15) is 17.3 Å². The standard InChI is InChI=1S/C16H14BrF2N/c17-13-7-14(18)16(15(19)8-13)20-9-10-2-1-3-12(6-10)11-4-5-11/h1-3,6-8,11,20H,4-5,9H2. The second-order valence-corrected chi connectivity index (χ2v) is 6.03. The average Bonchev–Trinajstić information content (AvgIpc) is 3.22. The lowest BCUT2D eigenvalue weighted by atomic mass is 10.1. The molecule has 2 aromatic rings. The van der Waals surface area contributed by atoms with Gasteiger partial charge >= 0.3 is 0 Å². The van der Waals surface area contributed by atoms with E-state index in [0.717, 1.165) is 5.56 Å². The summed E-state index contributed by atoms with van der Waals surface area (Å²) < 4.78 is 27.8. The summed E-state index contributed by atoms with van der Waals surface area (Å²) in [7, 11) is 0. The fourth-order valence-corrected chi connectivity index (χ4v) is 2.68. The zero-order chi connectivity index (χ0) is 14.1. The largest absolute Gasteiger partial charge is 0.376 e. The van der Waals surface area contributed by atoms with E-state index in [2.05, 4.69) is 33.4 Å². The Morgan fingerprint density at radius 2 is 1.80 bits per heavy atom. The molecule has 0 aliphatic heterocycles. The summed E-state index contributed by atoms with van der Waals surface area (Å²) in [6, 6.07) is 10.7. The first-order valence-electron chi connectivity index (χ1n) is 6.61. The van der Waals surface area contributed by atoms with Gasteiger partial charge in [0.25, 0.3) is 0 Å². The second kappa shape index (κ2) is 5.52. The van der Waals surface area contributed by atoms with E-state index in [1.54, 1.807) is 0 Å². The van der Waals surface area contributed by atoms with Gasteiger partial charge in [-0.1, -0.05) is 40.2 Å². The first kappa shape index (κ1) is 13.6. The Hall–Kier alpha value is -1.42. The molecule has 2 aromatic carbocycles. The maximum Gasteiger partial charge on any atom is 0.150 e. The van der Waals surface area contributed by atoms with Crippen LogP contribution in [0.1, 0.15) is 29.9 Å². The van der Waals surface area contributed by atoms with E-state index in [1.807, 2.05) is 12.1 Å².